The summed E-state index contributed by atoms with van der Waals surface area (Å²) in [7, 11) is 1.47. The highest BCUT2D eigenvalue weighted by molar-refractivity contribution is 6.45. The largest absolute Gasteiger partial charge is 0.492 e. The maximum absolute atomic E-state index is 15.1. The monoisotopic (exact) mass is 923 g/mol. The number of H-pyrrole nitrogens is 2. The van der Waals surface area contributed by atoms with Gasteiger partial charge in [0.05, 0.1) is 77.4 Å². The number of methoxy groups -OCH3 is 1. The molecular weight excluding hydrogens is 884 g/mol. The van der Waals surface area contributed by atoms with E-state index in [1.165, 1.54) is 35.4 Å². The topological polar surface area (TPSA) is 248 Å². The van der Waals surface area contributed by atoms with Crippen LogP contribution in [-0.4, -0.2) is 112 Å². The molecular formula is C48H40FN16O4+. The number of allylic oxidation sites excluding steroid dienone is 2. The number of nitrogens with one attached hydrogen (secondary N) is 4. The number of fused-ring (bicyclic) bond motifs is 2. The third-order valence-electron chi connectivity index (χ3n) is 12.2. The molecule has 0 bridgehead atoms. The van der Waals surface area contributed by atoms with Gasteiger partial charge in [0.15, 0.2) is 29.0 Å². The third-order valence-corrected chi connectivity index (χ3v) is 12.2. The summed E-state index contributed by atoms with van der Waals surface area (Å²) in [4.78, 5) is 56.1. The van der Waals surface area contributed by atoms with Crippen LogP contribution in [-0.2, 0) is 4.79 Å². The minimum absolute atomic E-state index is 0.0443. The number of pyridine rings is 2. The SMILES string of the molecule is COc1c[n+](-c2ccc(C(C#N)=C3CCN(CC(=O)c4c[nH]c5c(-n6ccnn6)ncc(F)c45)NC3)cc2)c(-n2cnc(C)n2)c2[nH]cc(C(=O)C(=O)N3CCC(=C(C#N)c4ccccc4)CN3)c12. The average molecular weight is 924 g/mol. The van der Waals surface area contributed by atoms with E-state index < -0.39 is 17.5 Å². The van der Waals surface area contributed by atoms with E-state index in [2.05, 4.69) is 58.3 Å². The summed E-state index contributed by atoms with van der Waals surface area (Å²) >= 11 is 0. The zero-order valence-corrected chi connectivity index (χ0v) is 37.1. The van der Waals surface area contributed by atoms with E-state index in [0.29, 0.717) is 88.0 Å². The van der Waals surface area contributed by atoms with Crippen molar-refractivity contribution in [3.63, 3.8) is 0 Å². The Morgan fingerprint density at radius 3 is 2.20 bits per heavy atom. The molecule has 342 valence electrons. The molecule has 1 amide bonds. The molecule has 69 heavy (non-hydrogen) atoms. The lowest BCUT2D eigenvalue weighted by molar-refractivity contribution is -0.589. The summed E-state index contributed by atoms with van der Waals surface area (Å²) in [5.74, 6) is -0.923. The standard InChI is InChI=1S/C48H39FN16O4/c1-28-55-27-65(59-28)47-44-42(37(23-53-44)45(67)48(68)64-16-13-32(21-58-64)34(18-50)29-6-4-3-5-7-29)40(69-2)26-62(47)33-10-8-30(9-11-33)35(19-51)31-12-15-61(57-20-31)25-39(66)36-22-52-43-41(36)38(49)24-54-46(43)63-17-14-56-60-63/h3-11,14,17,22-24,26-27,57-58H,12-13,15-16,20-21,25H2,1-2H3,(H,52,54,66)/p+1. The zero-order chi connectivity index (χ0) is 47.8. The van der Waals surface area contributed by atoms with Gasteiger partial charge in [-0.25, -0.2) is 24.5 Å². The second-order valence-corrected chi connectivity index (χ2v) is 16.2. The van der Waals surface area contributed by atoms with Gasteiger partial charge in [0.2, 0.25) is 6.33 Å². The summed E-state index contributed by atoms with van der Waals surface area (Å²) in [6, 6.07) is 21.3. The molecule has 2 aliphatic heterocycles. The highest BCUT2D eigenvalue weighted by atomic mass is 19.1. The van der Waals surface area contributed by atoms with Gasteiger partial charge in [-0.2, -0.15) is 20.1 Å². The molecule has 0 radical (unpaired) electrons. The number of carbonyl (C=O) groups is 3. The van der Waals surface area contributed by atoms with Gasteiger partial charge in [0.1, 0.15) is 17.4 Å². The molecule has 2 fully saturated rings. The van der Waals surface area contributed by atoms with Crippen molar-refractivity contribution in [3.05, 3.63) is 143 Å². The molecule has 0 aliphatic carbocycles. The highest BCUT2D eigenvalue weighted by Gasteiger charge is 2.34. The fraction of sp³-hybridized carbons (Fsp3) is 0.188. The molecule has 8 aromatic rings. The number of benzene rings is 2. The first-order chi connectivity index (χ1) is 33.6. The fourth-order valence-electron chi connectivity index (χ4n) is 8.80. The van der Waals surface area contributed by atoms with Crippen molar-refractivity contribution < 1.29 is 28.1 Å². The van der Waals surface area contributed by atoms with Crippen LogP contribution < -0.4 is 20.2 Å². The van der Waals surface area contributed by atoms with Crippen molar-refractivity contribution in [3.8, 4) is 35.2 Å². The highest BCUT2D eigenvalue weighted by Crippen LogP contribution is 2.33. The van der Waals surface area contributed by atoms with Gasteiger partial charge < -0.3 is 14.7 Å². The Labute approximate surface area is 391 Å². The number of hydrazine groups is 2. The van der Waals surface area contributed by atoms with Crippen LogP contribution in [0.3, 0.4) is 0 Å². The van der Waals surface area contributed by atoms with Crippen molar-refractivity contribution >= 4 is 50.4 Å². The zero-order valence-electron chi connectivity index (χ0n) is 37.1. The Balaban J connectivity index is 0.881. The summed E-state index contributed by atoms with van der Waals surface area (Å²) in [6.45, 7) is 2.82. The van der Waals surface area contributed by atoms with Crippen molar-refractivity contribution in [2.24, 2.45) is 0 Å². The van der Waals surface area contributed by atoms with Gasteiger partial charge in [-0.3, -0.25) is 24.8 Å². The number of carbonyl (C=O) groups excluding carboxylic acids is 3. The maximum atomic E-state index is 15.1. The first-order valence-electron chi connectivity index (χ1n) is 21.7. The molecule has 4 N–H and O–H groups in total. The maximum Gasteiger partial charge on any atom is 0.338 e. The molecule has 10 rings (SSSR count). The third kappa shape index (κ3) is 8.08. The number of aromatic amines is 2. The van der Waals surface area contributed by atoms with Gasteiger partial charge in [0, 0.05) is 44.1 Å². The molecule has 2 aliphatic rings. The number of nitrogens with zero attached hydrogens (tertiary/aromatic N) is 12. The molecule has 6 aromatic heterocycles. The van der Waals surface area contributed by atoms with Crippen molar-refractivity contribution in [2.75, 3.05) is 39.8 Å². The van der Waals surface area contributed by atoms with Crippen molar-refractivity contribution in [1.29, 1.82) is 10.5 Å². The Morgan fingerprint density at radius 2 is 1.57 bits per heavy atom. The van der Waals surface area contributed by atoms with E-state index >= 15 is 4.39 Å². The quantitative estimate of drug-likeness (QED) is 0.0615. The van der Waals surface area contributed by atoms with Gasteiger partial charge in [-0.15, -0.1) is 5.10 Å². The van der Waals surface area contributed by atoms with Gasteiger partial charge >= 0.3 is 11.7 Å². The Bertz CT molecular complexity index is 3470. The van der Waals surface area contributed by atoms with E-state index in [4.69, 9.17) is 4.74 Å². The van der Waals surface area contributed by atoms with E-state index in [-0.39, 0.29) is 41.9 Å². The van der Waals surface area contributed by atoms with Gasteiger partial charge in [-0.05, 0) is 66.3 Å². The van der Waals surface area contributed by atoms with Crippen LogP contribution >= 0.6 is 0 Å². The molecule has 20 nitrogen and oxygen atoms in total. The fourth-order valence-corrected chi connectivity index (χ4v) is 8.80. The van der Waals surface area contributed by atoms with Gasteiger partial charge in [0.25, 0.3) is 5.78 Å². The number of aromatic nitrogens is 10. The number of amides is 1. The summed E-state index contributed by atoms with van der Waals surface area (Å²) < 4.78 is 25.7. The van der Waals surface area contributed by atoms with E-state index in [9.17, 15) is 24.9 Å². The van der Waals surface area contributed by atoms with Crippen LogP contribution in [0.4, 0.5) is 4.39 Å². The lowest BCUT2D eigenvalue weighted by Crippen LogP contribution is -2.50. The van der Waals surface area contributed by atoms with Crippen LogP contribution in [0.25, 0.3) is 50.3 Å². The minimum atomic E-state index is -0.768. The Morgan fingerprint density at radius 1 is 0.855 bits per heavy atom. The first kappa shape index (κ1) is 43.9. The number of aryl methyl sites for hydroxylation is 1. The Hall–Kier alpha value is -9.02. The predicted octanol–water partition coefficient (Wildman–Crippen LogP) is 4.21. The smallest absolute Gasteiger partial charge is 0.338 e. The Kier molecular flexibility index (Phi) is 11.7. The number of rotatable bonds is 11. The second kappa shape index (κ2) is 18.3. The van der Waals surface area contributed by atoms with E-state index in [1.54, 1.807) is 35.3 Å². The lowest BCUT2D eigenvalue weighted by Gasteiger charge is -2.29. The van der Waals surface area contributed by atoms with Crippen LogP contribution in [0.1, 0.15) is 50.5 Å². The van der Waals surface area contributed by atoms with Crippen molar-refractivity contribution in [1.82, 2.24) is 65.6 Å². The minimum Gasteiger partial charge on any atom is -0.492 e. The van der Waals surface area contributed by atoms with E-state index in [1.807, 2.05) is 59.2 Å². The van der Waals surface area contributed by atoms with Gasteiger partial charge in [-0.1, -0.05) is 45.3 Å². The normalized spacial score (nSPS) is 15.8. The molecule has 0 atom stereocenters. The molecule has 0 unspecified atom stereocenters. The number of ketones is 2. The first-order valence-corrected chi connectivity index (χ1v) is 21.7. The average Bonchev–Trinajstić information content (AvgIpc) is 4.24. The van der Waals surface area contributed by atoms with Crippen LogP contribution in [0.15, 0.2) is 109 Å². The van der Waals surface area contributed by atoms with Crippen LogP contribution in [0, 0.1) is 35.4 Å². The number of Topliss-reactive ketones (excluding diaryl/α,β-unsaturated/α-hetero) is 2. The molecule has 2 aromatic carbocycles. The summed E-state index contributed by atoms with van der Waals surface area (Å²) in [5, 5.41) is 36.2. The molecule has 0 spiro atoms. The van der Waals surface area contributed by atoms with Crippen molar-refractivity contribution in [2.45, 2.75) is 19.8 Å². The predicted molar refractivity (Wildman–Crippen MR) is 246 cm³/mol. The lowest BCUT2D eigenvalue weighted by atomic mass is 9.97. The number of hydrogen-bond donors (Lipinski definition) is 4. The molecule has 0 saturated carbocycles. The number of ether oxygens (including phenoxy) is 1. The van der Waals surface area contributed by atoms with Crippen LogP contribution in [0.5, 0.6) is 5.75 Å². The number of hydrogen-bond acceptors (Lipinski definition) is 14. The van der Waals surface area contributed by atoms with E-state index in [0.717, 1.165) is 22.9 Å². The molecule has 8 heterocycles. The molecule has 2 saturated heterocycles. The number of nitriles is 2. The number of halogens is 1. The second-order valence-electron chi connectivity index (χ2n) is 16.2. The summed E-state index contributed by atoms with van der Waals surface area (Å²) in [5.41, 5.74) is 12.1. The van der Waals surface area contributed by atoms with Crippen LogP contribution in [0.2, 0.25) is 0 Å². The summed E-state index contributed by atoms with van der Waals surface area (Å²) in [6.07, 6.45) is 11.2. The molecule has 21 heteroatoms.